The molecule has 132 valence electrons. The summed E-state index contributed by atoms with van der Waals surface area (Å²) in [7, 11) is 0. The lowest BCUT2D eigenvalue weighted by Crippen LogP contribution is -2.17. The van der Waals surface area contributed by atoms with E-state index in [0.29, 0.717) is 0 Å². The maximum absolute atomic E-state index is 6.44. The minimum absolute atomic E-state index is 0.729. The van der Waals surface area contributed by atoms with Crippen LogP contribution in [0.3, 0.4) is 0 Å². The van der Waals surface area contributed by atoms with Gasteiger partial charge in [-0.1, -0.05) is 57.9 Å². The first kappa shape index (κ1) is 17.9. The summed E-state index contributed by atoms with van der Waals surface area (Å²) in [6, 6.07) is 14.4. The lowest BCUT2D eigenvalue weighted by Gasteiger charge is -2.25. The minimum Gasteiger partial charge on any atom is -0.298 e. The van der Waals surface area contributed by atoms with Crippen LogP contribution >= 0.6 is 39.7 Å². The number of hydrogen-bond acceptors (Lipinski definition) is 2. The van der Waals surface area contributed by atoms with E-state index >= 15 is 0 Å². The smallest absolute Gasteiger partial charge is 0.146 e. The number of nitrogens with zero attached hydrogens (tertiary/aromatic N) is 2. The molecule has 0 N–H and O–H groups in total. The van der Waals surface area contributed by atoms with Crippen LogP contribution < -0.4 is 0 Å². The van der Waals surface area contributed by atoms with Crippen molar-refractivity contribution < 1.29 is 0 Å². The molecular formula is C21H18BrClN2S. The number of hydrogen-bond donors (Lipinski definition) is 0. The Morgan fingerprint density at radius 1 is 1.08 bits per heavy atom. The highest BCUT2D eigenvalue weighted by atomic mass is 79.9. The van der Waals surface area contributed by atoms with Crippen LogP contribution in [0.2, 0.25) is 5.02 Å². The van der Waals surface area contributed by atoms with Crippen molar-refractivity contribution >= 4 is 39.7 Å². The zero-order chi connectivity index (χ0) is 18.3. The molecule has 0 saturated heterocycles. The molecule has 26 heavy (non-hydrogen) atoms. The number of rotatable bonds is 2. The summed E-state index contributed by atoms with van der Waals surface area (Å²) in [5.74, 6) is 0.878. The van der Waals surface area contributed by atoms with Crippen LogP contribution in [0.4, 0.5) is 0 Å². The molecule has 0 radical (unpaired) electrons. The summed E-state index contributed by atoms with van der Waals surface area (Å²) in [5.41, 5.74) is 5.64. The van der Waals surface area contributed by atoms with Crippen LogP contribution in [0, 0.1) is 11.6 Å². The van der Waals surface area contributed by atoms with Gasteiger partial charge in [0.25, 0.3) is 0 Å². The Hall–Kier alpha value is -1.49. The fourth-order valence-electron chi connectivity index (χ4n) is 3.50. The Bertz CT molecular complexity index is 1040. The normalized spacial score (nSPS) is 13.5. The zero-order valence-electron chi connectivity index (χ0n) is 14.4. The summed E-state index contributed by atoms with van der Waals surface area (Å²) in [5, 5.41) is 0.767. The largest absolute Gasteiger partial charge is 0.298 e. The minimum atomic E-state index is 0.729. The first-order chi connectivity index (χ1) is 12.5. The zero-order valence-corrected chi connectivity index (χ0v) is 17.6. The molecule has 0 saturated carbocycles. The highest BCUT2D eigenvalue weighted by Crippen LogP contribution is 2.32. The predicted molar refractivity (Wildman–Crippen MR) is 114 cm³/mol. The van der Waals surface area contributed by atoms with Gasteiger partial charge >= 0.3 is 0 Å². The van der Waals surface area contributed by atoms with E-state index in [9.17, 15) is 0 Å². The third-order valence-corrected chi connectivity index (χ3v) is 6.18. The quantitative estimate of drug-likeness (QED) is 0.400. The Balaban J connectivity index is 2.04. The maximum Gasteiger partial charge on any atom is 0.146 e. The third-order valence-electron chi connectivity index (χ3n) is 4.90. The van der Waals surface area contributed by atoms with E-state index in [1.54, 1.807) is 0 Å². The van der Waals surface area contributed by atoms with Crippen LogP contribution in [0.25, 0.3) is 17.1 Å². The standard InChI is InChI=1S/C21H18BrClN2S/c1-13-6-11-16(12-18(13)23)25-19-5-3-2-4-17(19)21(26)24-20(25)14-7-9-15(22)10-8-14/h6-12H,2-5H2,1H3. The van der Waals surface area contributed by atoms with Gasteiger partial charge < -0.3 is 0 Å². The van der Waals surface area contributed by atoms with Gasteiger partial charge in [0, 0.05) is 32.0 Å². The van der Waals surface area contributed by atoms with Gasteiger partial charge in [0.05, 0.1) is 0 Å². The Morgan fingerprint density at radius 2 is 1.81 bits per heavy atom. The monoisotopic (exact) mass is 444 g/mol. The molecule has 0 atom stereocenters. The number of halogens is 2. The Labute approximate surface area is 172 Å². The molecule has 2 aromatic carbocycles. The first-order valence-corrected chi connectivity index (χ1v) is 10.3. The topological polar surface area (TPSA) is 17.8 Å². The van der Waals surface area contributed by atoms with E-state index in [4.69, 9.17) is 28.8 Å². The van der Waals surface area contributed by atoms with E-state index in [0.717, 1.165) is 49.6 Å². The van der Waals surface area contributed by atoms with Gasteiger partial charge in [-0.3, -0.25) is 4.57 Å². The van der Waals surface area contributed by atoms with Crippen LogP contribution in [-0.4, -0.2) is 9.55 Å². The second kappa shape index (κ2) is 7.26. The molecule has 0 spiro atoms. The van der Waals surface area contributed by atoms with Crippen LogP contribution in [-0.2, 0) is 12.8 Å². The molecule has 5 heteroatoms. The number of benzene rings is 2. The highest BCUT2D eigenvalue weighted by Gasteiger charge is 2.20. The van der Waals surface area contributed by atoms with Gasteiger partial charge in [-0.05, 0) is 62.4 Å². The van der Waals surface area contributed by atoms with Crippen LogP contribution in [0.15, 0.2) is 46.9 Å². The molecule has 4 rings (SSSR count). The highest BCUT2D eigenvalue weighted by molar-refractivity contribution is 9.10. The molecule has 1 heterocycles. The van der Waals surface area contributed by atoms with Crippen molar-refractivity contribution in [3.8, 4) is 17.1 Å². The van der Waals surface area contributed by atoms with Crippen molar-refractivity contribution in [2.24, 2.45) is 0 Å². The summed E-state index contributed by atoms with van der Waals surface area (Å²) in [6.45, 7) is 2.02. The number of aryl methyl sites for hydroxylation is 1. The van der Waals surface area contributed by atoms with Crippen molar-refractivity contribution in [3.05, 3.63) is 73.4 Å². The van der Waals surface area contributed by atoms with Gasteiger partial charge in [0.2, 0.25) is 0 Å². The maximum atomic E-state index is 6.44. The Morgan fingerprint density at radius 3 is 2.54 bits per heavy atom. The van der Waals surface area contributed by atoms with Crippen molar-refractivity contribution in [1.82, 2.24) is 9.55 Å². The van der Waals surface area contributed by atoms with E-state index in [-0.39, 0.29) is 0 Å². The van der Waals surface area contributed by atoms with E-state index in [1.807, 2.05) is 25.1 Å². The average molecular weight is 446 g/mol. The number of fused-ring (bicyclic) bond motifs is 1. The Kier molecular flexibility index (Phi) is 5.00. The second-order valence-electron chi connectivity index (χ2n) is 6.65. The summed E-state index contributed by atoms with van der Waals surface area (Å²) >= 11 is 15.6. The van der Waals surface area contributed by atoms with Crippen LogP contribution in [0.5, 0.6) is 0 Å². The van der Waals surface area contributed by atoms with E-state index in [2.05, 4.69) is 44.8 Å². The predicted octanol–water partition coefficient (Wildman–Crippen LogP) is 6.87. The molecule has 2 nitrogen and oxygen atoms in total. The summed E-state index contributed by atoms with van der Waals surface area (Å²) in [6.07, 6.45) is 4.35. The van der Waals surface area contributed by atoms with Crippen molar-refractivity contribution in [3.63, 3.8) is 0 Å². The van der Waals surface area contributed by atoms with Gasteiger partial charge in [-0.15, -0.1) is 0 Å². The molecule has 1 aromatic heterocycles. The molecule has 0 aliphatic heterocycles. The molecule has 0 bridgehead atoms. The first-order valence-electron chi connectivity index (χ1n) is 8.72. The van der Waals surface area contributed by atoms with E-state index in [1.165, 1.54) is 24.1 Å². The fourth-order valence-corrected chi connectivity index (χ4v) is 4.25. The summed E-state index contributed by atoms with van der Waals surface area (Å²) < 4.78 is 4.02. The van der Waals surface area contributed by atoms with Gasteiger partial charge in [-0.2, -0.15) is 0 Å². The fraction of sp³-hybridized carbons (Fsp3) is 0.238. The molecule has 0 amide bonds. The molecule has 1 aliphatic carbocycles. The second-order valence-corrected chi connectivity index (χ2v) is 8.36. The van der Waals surface area contributed by atoms with Gasteiger partial charge in [0.1, 0.15) is 10.5 Å². The SMILES string of the molecule is Cc1ccc(-n2c(-c3ccc(Br)cc3)nc(=S)c3c2CCCC3)cc1Cl. The lowest BCUT2D eigenvalue weighted by molar-refractivity contribution is 0.642. The van der Waals surface area contributed by atoms with Crippen molar-refractivity contribution in [2.45, 2.75) is 32.6 Å². The van der Waals surface area contributed by atoms with E-state index < -0.39 is 0 Å². The molecule has 0 unspecified atom stereocenters. The van der Waals surface area contributed by atoms with Gasteiger partial charge in [0.15, 0.2) is 0 Å². The van der Waals surface area contributed by atoms with Gasteiger partial charge in [-0.25, -0.2) is 4.98 Å². The summed E-state index contributed by atoms with van der Waals surface area (Å²) in [4.78, 5) is 4.83. The van der Waals surface area contributed by atoms with Crippen molar-refractivity contribution in [1.29, 1.82) is 0 Å². The molecule has 3 aromatic rings. The molecular weight excluding hydrogens is 428 g/mol. The van der Waals surface area contributed by atoms with Crippen LogP contribution in [0.1, 0.15) is 29.7 Å². The molecule has 1 aliphatic rings. The number of aromatic nitrogens is 2. The third kappa shape index (κ3) is 3.26. The molecule has 0 fully saturated rings. The van der Waals surface area contributed by atoms with Crippen molar-refractivity contribution in [2.75, 3.05) is 0 Å². The lowest BCUT2D eigenvalue weighted by atomic mass is 9.96. The average Bonchev–Trinajstić information content (AvgIpc) is 2.65.